The number of hydrogen-bond donors (Lipinski definition) is 1. The fourth-order valence-electron chi connectivity index (χ4n) is 3.19. The van der Waals surface area contributed by atoms with Crippen LogP contribution in [0.4, 0.5) is 17.1 Å². The van der Waals surface area contributed by atoms with Crippen molar-refractivity contribution in [2.75, 3.05) is 10.2 Å². The molecule has 0 atom stereocenters. The van der Waals surface area contributed by atoms with Crippen molar-refractivity contribution in [2.24, 2.45) is 0 Å². The third kappa shape index (κ3) is 3.95. The normalized spacial score (nSPS) is 12.8. The van der Waals surface area contributed by atoms with Gasteiger partial charge in [0.2, 0.25) is 5.91 Å². The van der Waals surface area contributed by atoms with Gasteiger partial charge in [-0.3, -0.25) is 24.5 Å². The molecular weight excluding hydrogens is 398 g/mol. The number of hydrogen-bond acceptors (Lipinski definition) is 5. The van der Waals surface area contributed by atoms with Crippen LogP contribution >= 0.6 is 0 Å². The highest BCUT2D eigenvalue weighted by Crippen LogP contribution is 2.30. The number of imide groups is 1. The van der Waals surface area contributed by atoms with E-state index in [0.29, 0.717) is 16.9 Å². The van der Waals surface area contributed by atoms with Gasteiger partial charge >= 0.3 is 0 Å². The third-order valence-corrected chi connectivity index (χ3v) is 4.70. The van der Waals surface area contributed by atoms with E-state index in [2.05, 4.69) is 5.32 Å². The molecule has 0 unspecified atom stereocenters. The van der Waals surface area contributed by atoms with Gasteiger partial charge in [-0.05, 0) is 54.1 Å². The number of rotatable bonds is 5. The van der Waals surface area contributed by atoms with Crippen LogP contribution < -0.4 is 10.2 Å². The van der Waals surface area contributed by atoms with Crippen molar-refractivity contribution < 1.29 is 19.3 Å². The van der Waals surface area contributed by atoms with Crippen LogP contribution in [-0.2, 0) is 4.79 Å². The molecule has 3 aromatic carbocycles. The summed E-state index contributed by atoms with van der Waals surface area (Å²) in [5, 5.41) is 13.3. The molecule has 4 rings (SSSR count). The first-order valence-corrected chi connectivity index (χ1v) is 9.25. The van der Waals surface area contributed by atoms with Gasteiger partial charge in [-0.15, -0.1) is 0 Å². The summed E-state index contributed by atoms with van der Waals surface area (Å²) < 4.78 is 0. The number of nitrogens with zero attached hydrogens (tertiary/aromatic N) is 2. The summed E-state index contributed by atoms with van der Waals surface area (Å²) in [6.45, 7) is 0. The monoisotopic (exact) mass is 413 g/mol. The number of carbonyl (C=O) groups is 3. The van der Waals surface area contributed by atoms with Gasteiger partial charge in [-0.1, -0.05) is 18.2 Å². The second kappa shape index (κ2) is 8.03. The smallest absolute Gasteiger partial charge is 0.269 e. The molecule has 1 aliphatic heterocycles. The van der Waals surface area contributed by atoms with Crippen LogP contribution in [0.2, 0.25) is 0 Å². The molecule has 0 radical (unpaired) electrons. The van der Waals surface area contributed by atoms with Crippen molar-refractivity contribution in [1.29, 1.82) is 0 Å². The van der Waals surface area contributed by atoms with Crippen LogP contribution in [0.5, 0.6) is 0 Å². The molecule has 1 aliphatic rings. The second-order valence-electron chi connectivity index (χ2n) is 6.71. The number of amides is 3. The lowest BCUT2D eigenvalue weighted by Gasteiger charge is -2.13. The number of nitro benzene ring substituents is 1. The van der Waals surface area contributed by atoms with E-state index in [1.807, 2.05) is 0 Å². The van der Waals surface area contributed by atoms with Gasteiger partial charge in [0.1, 0.15) is 0 Å². The van der Waals surface area contributed by atoms with E-state index in [4.69, 9.17) is 0 Å². The van der Waals surface area contributed by atoms with Crippen LogP contribution in [0, 0.1) is 10.1 Å². The Morgan fingerprint density at radius 2 is 1.58 bits per heavy atom. The van der Waals surface area contributed by atoms with E-state index in [9.17, 15) is 24.5 Å². The topological polar surface area (TPSA) is 110 Å². The predicted octanol–water partition coefficient (Wildman–Crippen LogP) is 4.05. The van der Waals surface area contributed by atoms with Gasteiger partial charge in [0, 0.05) is 23.9 Å². The van der Waals surface area contributed by atoms with Crippen molar-refractivity contribution >= 4 is 40.9 Å². The molecule has 1 heterocycles. The molecule has 0 aliphatic carbocycles. The Morgan fingerprint density at radius 1 is 0.903 bits per heavy atom. The van der Waals surface area contributed by atoms with Gasteiger partial charge in [-0.2, -0.15) is 0 Å². The van der Waals surface area contributed by atoms with Gasteiger partial charge in [0.15, 0.2) is 0 Å². The average molecular weight is 413 g/mol. The van der Waals surface area contributed by atoms with Crippen LogP contribution in [0.3, 0.4) is 0 Å². The minimum Gasteiger partial charge on any atom is -0.322 e. The molecule has 3 aromatic rings. The molecule has 31 heavy (non-hydrogen) atoms. The fraction of sp³-hybridized carbons (Fsp3) is 0. The predicted molar refractivity (Wildman–Crippen MR) is 115 cm³/mol. The third-order valence-electron chi connectivity index (χ3n) is 4.70. The van der Waals surface area contributed by atoms with Crippen molar-refractivity contribution in [1.82, 2.24) is 0 Å². The molecule has 0 saturated carbocycles. The summed E-state index contributed by atoms with van der Waals surface area (Å²) in [4.78, 5) is 48.9. The summed E-state index contributed by atoms with van der Waals surface area (Å²) >= 11 is 0. The number of benzene rings is 3. The summed E-state index contributed by atoms with van der Waals surface area (Å²) in [5.41, 5.74) is 1.91. The molecule has 3 amide bonds. The Balaban J connectivity index is 1.48. The van der Waals surface area contributed by atoms with Gasteiger partial charge in [0.05, 0.1) is 21.7 Å². The van der Waals surface area contributed by atoms with E-state index >= 15 is 0 Å². The molecule has 0 aromatic heterocycles. The van der Waals surface area contributed by atoms with E-state index in [-0.39, 0.29) is 16.8 Å². The molecule has 0 spiro atoms. The van der Waals surface area contributed by atoms with Gasteiger partial charge < -0.3 is 5.32 Å². The molecule has 8 nitrogen and oxygen atoms in total. The highest BCUT2D eigenvalue weighted by atomic mass is 16.6. The summed E-state index contributed by atoms with van der Waals surface area (Å²) in [6, 6.07) is 18.9. The van der Waals surface area contributed by atoms with E-state index in [1.54, 1.807) is 36.4 Å². The zero-order chi connectivity index (χ0) is 22.0. The highest BCUT2D eigenvalue weighted by molar-refractivity contribution is 6.34. The average Bonchev–Trinajstić information content (AvgIpc) is 3.02. The fourth-order valence-corrected chi connectivity index (χ4v) is 3.19. The van der Waals surface area contributed by atoms with Gasteiger partial charge in [-0.25, -0.2) is 4.90 Å². The van der Waals surface area contributed by atoms with Crippen LogP contribution in [0.15, 0.2) is 78.9 Å². The number of carbonyl (C=O) groups excluding carboxylic acids is 3. The highest BCUT2D eigenvalue weighted by Gasteiger charge is 2.36. The Labute approximate surface area is 176 Å². The lowest BCUT2D eigenvalue weighted by molar-refractivity contribution is -0.384. The Hall–Kier alpha value is -4.59. The molecule has 0 bridgehead atoms. The number of anilines is 2. The maximum absolute atomic E-state index is 12.8. The maximum Gasteiger partial charge on any atom is 0.269 e. The number of para-hydroxylation sites is 1. The van der Waals surface area contributed by atoms with Crippen molar-refractivity contribution in [3.63, 3.8) is 0 Å². The van der Waals surface area contributed by atoms with Crippen LogP contribution in [0.1, 0.15) is 26.3 Å². The number of nitro groups is 1. The quantitative estimate of drug-likeness (QED) is 0.294. The van der Waals surface area contributed by atoms with E-state index in [1.165, 1.54) is 48.6 Å². The lowest BCUT2D eigenvalue weighted by Crippen LogP contribution is -2.29. The SMILES string of the molecule is O=C(C=Cc1ccc([N+](=O)[O-])cc1)Nc1ccc2c(c1)C(=O)N(c1ccccc1)C2=O. The molecule has 8 heteroatoms. The summed E-state index contributed by atoms with van der Waals surface area (Å²) in [6.07, 6.45) is 2.79. The first kappa shape index (κ1) is 19.7. The Morgan fingerprint density at radius 3 is 2.26 bits per heavy atom. The minimum atomic E-state index is -0.501. The summed E-state index contributed by atoms with van der Waals surface area (Å²) in [7, 11) is 0. The van der Waals surface area contributed by atoms with E-state index < -0.39 is 22.6 Å². The van der Waals surface area contributed by atoms with Gasteiger partial charge in [0.25, 0.3) is 17.5 Å². The number of fused-ring (bicyclic) bond motifs is 1. The molecule has 0 saturated heterocycles. The summed E-state index contributed by atoms with van der Waals surface area (Å²) in [5.74, 6) is -1.32. The molecule has 0 fully saturated rings. The van der Waals surface area contributed by atoms with Crippen molar-refractivity contribution in [3.8, 4) is 0 Å². The maximum atomic E-state index is 12.8. The Kier molecular flexibility index (Phi) is 5.11. The number of nitrogens with one attached hydrogen (secondary N) is 1. The van der Waals surface area contributed by atoms with Crippen molar-refractivity contribution in [3.05, 3.63) is 106 Å². The minimum absolute atomic E-state index is 0.0384. The lowest BCUT2D eigenvalue weighted by atomic mass is 10.1. The first-order chi connectivity index (χ1) is 14.9. The zero-order valence-corrected chi connectivity index (χ0v) is 16.0. The second-order valence-corrected chi connectivity index (χ2v) is 6.71. The van der Waals surface area contributed by atoms with Crippen LogP contribution in [-0.4, -0.2) is 22.6 Å². The standard InChI is InChI=1S/C23H15N3O5/c27-21(13-8-15-6-10-18(11-7-15)26(30)31)24-16-9-12-19-20(14-16)23(29)25(22(19)28)17-4-2-1-3-5-17/h1-14H,(H,24,27). The van der Waals surface area contributed by atoms with Crippen molar-refractivity contribution in [2.45, 2.75) is 0 Å². The molecular formula is C23H15N3O5. The largest absolute Gasteiger partial charge is 0.322 e. The number of non-ortho nitro benzene ring substituents is 1. The zero-order valence-electron chi connectivity index (χ0n) is 16.0. The van der Waals surface area contributed by atoms with Crippen LogP contribution in [0.25, 0.3) is 6.08 Å². The molecule has 1 N–H and O–H groups in total. The van der Waals surface area contributed by atoms with E-state index in [0.717, 1.165) is 4.90 Å². The first-order valence-electron chi connectivity index (χ1n) is 9.25. The Bertz CT molecular complexity index is 1230. The molecule has 152 valence electrons.